The van der Waals surface area contributed by atoms with Gasteiger partial charge in [0.15, 0.2) is 11.5 Å². The molecule has 0 aliphatic rings. The number of benzene rings is 2. The van der Waals surface area contributed by atoms with E-state index >= 15 is 0 Å². The minimum absolute atomic E-state index is 0.355. The van der Waals surface area contributed by atoms with Crippen molar-refractivity contribution in [2.24, 2.45) is 0 Å². The van der Waals surface area contributed by atoms with Gasteiger partial charge in [-0.15, -0.1) is 0 Å². The Kier molecular flexibility index (Phi) is 4.27. The lowest BCUT2D eigenvalue weighted by molar-refractivity contribution is 0.306. The zero-order valence-corrected chi connectivity index (χ0v) is 14.6. The molecule has 0 amide bonds. The lowest BCUT2D eigenvalue weighted by atomic mass is 10.1. The Morgan fingerprint density at radius 3 is 2.50 bits per heavy atom. The van der Waals surface area contributed by atoms with Crippen molar-refractivity contribution in [3.8, 4) is 17.2 Å². The minimum atomic E-state index is 0.355. The maximum atomic E-state index is 6.08. The van der Waals surface area contributed by atoms with Crippen LogP contribution in [0.15, 0.2) is 61.1 Å². The van der Waals surface area contributed by atoms with Crippen molar-refractivity contribution in [2.45, 2.75) is 6.61 Å². The van der Waals surface area contributed by atoms with Crippen LogP contribution in [-0.2, 0) is 6.61 Å². The summed E-state index contributed by atoms with van der Waals surface area (Å²) in [7, 11) is 3.25. The van der Waals surface area contributed by atoms with Crippen LogP contribution in [0.2, 0.25) is 0 Å². The quantitative estimate of drug-likeness (QED) is 0.537. The zero-order chi connectivity index (χ0) is 17.9. The number of ether oxygens (including phenoxy) is 3. The molecule has 2 heterocycles. The van der Waals surface area contributed by atoms with E-state index in [0.29, 0.717) is 18.1 Å². The van der Waals surface area contributed by atoms with Gasteiger partial charge in [0.1, 0.15) is 12.4 Å². The summed E-state index contributed by atoms with van der Waals surface area (Å²) in [6.07, 6.45) is 5.37. The highest BCUT2D eigenvalue weighted by Crippen LogP contribution is 2.33. The molecule has 2 aromatic carbocycles. The average molecular weight is 346 g/mol. The first-order valence-electron chi connectivity index (χ1n) is 8.25. The molecule has 0 atom stereocenters. The van der Waals surface area contributed by atoms with Gasteiger partial charge in [-0.2, -0.15) is 0 Å². The minimum Gasteiger partial charge on any atom is -0.493 e. The molecule has 0 aliphatic carbocycles. The van der Waals surface area contributed by atoms with Crippen LogP contribution in [0.25, 0.3) is 21.5 Å². The van der Waals surface area contributed by atoms with Crippen molar-refractivity contribution in [3.63, 3.8) is 0 Å². The second-order valence-corrected chi connectivity index (χ2v) is 5.83. The molecular formula is C21H18N2O3. The number of rotatable bonds is 5. The van der Waals surface area contributed by atoms with Gasteiger partial charge in [-0.25, -0.2) is 0 Å². The van der Waals surface area contributed by atoms with Crippen LogP contribution in [0.3, 0.4) is 0 Å². The first kappa shape index (κ1) is 16.1. The predicted molar refractivity (Wildman–Crippen MR) is 101 cm³/mol. The first-order chi connectivity index (χ1) is 12.8. The largest absolute Gasteiger partial charge is 0.493 e. The molecule has 26 heavy (non-hydrogen) atoms. The predicted octanol–water partition coefficient (Wildman–Crippen LogP) is 4.38. The molecule has 4 rings (SSSR count). The molecule has 0 spiro atoms. The average Bonchev–Trinajstić information content (AvgIpc) is 2.71. The molecule has 2 aromatic heterocycles. The Balaban J connectivity index is 1.71. The molecular weight excluding hydrogens is 328 g/mol. The normalized spacial score (nSPS) is 10.8. The summed E-state index contributed by atoms with van der Waals surface area (Å²) in [6, 6.07) is 13.7. The zero-order valence-electron chi connectivity index (χ0n) is 14.6. The van der Waals surface area contributed by atoms with Crippen molar-refractivity contribution in [1.29, 1.82) is 0 Å². The van der Waals surface area contributed by atoms with Gasteiger partial charge in [0, 0.05) is 34.7 Å². The number of aromatic nitrogens is 2. The van der Waals surface area contributed by atoms with Crippen LogP contribution in [-0.4, -0.2) is 24.2 Å². The highest BCUT2D eigenvalue weighted by molar-refractivity contribution is 5.89. The Bertz CT molecular complexity index is 1070. The molecule has 4 aromatic rings. The first-order valence-corrected chi connectivity index (χ1v) is 8.25. The highest BCUT2D eigenvalue weighted by atomic mass is 16.5. The van der Waals surface area contributed by atoms with Gasteiger partial charge in [0.2, 0.25) is 0 Å². The van der Waals surface area contributed by atoms with E-state index in [9.17, 15) is 0 Å². The molecule has 0 fully saturated rings. The van der Waals surface area contributed by atoms with Gasteiger partial charge in [-0.05, 0) is 35.7 Å². The summed E-state index contributed by atoms with van der Waals surface area (Å²) < 4.78 is 16.9. The number of pyridine rings is 2. The van der Waals surface area contributed by atoms with E-state index in [4.69, 9.17) is 14.2 Å². The van der Waals surface area contributed by atoms with Gasteiger partial charge >= 0.3 is 0 Å². The summed E-state index contributed by atoms with van der Waals surface area (Å²) in [5.41, 5.74) is 0.842. The van der Waals surface area contributed by atoms with Gasteiger partial charge in [-0.1, -0.05) is 12.1 Å². The third kappa shape index (κ3) is 2.88. The number of hydrogen-bond acceptors (Lipinski definition) is 5. The molecule has 0 aliphatic heterocycles. The summed E-state index contributed by atoms with van der Waals surface area (Å²) in [5.74, 6) is 2.18. The topological polar surface area (TPSA) is 53.5 Å². The van der Waals surface area contributed by atoms with E-state index in [1.807, 2.05) is 48.7 Å². The van der Waals surface area contributed by atoms with E-state index in [2.05, 4.69) is 9.97 Å². The van der Waals surface area contributed by atoms with E-state index in [1.54, 1.807) is 26.6 Å². The third-order valence-corrected chi connectivity index (χ3v) is 4.36. The fourth-order valence-corrected chi connectivity index (χ4v) is 3.04. The highest BCUT2D eigenvalue weighted by Gasteiger charge is 2.11. The molecule has 0 unspecified atom stereocenters. The summed E-state index contributed by atoms with van der Waals surface area (Å²) >= 11 is 0. The van der Waals surface area contributed by atoms with Crippen LogP contribution >= 0.6 is 0 Å². The molecule has 0 radical (unpaired) electrons. The van der Waals surface area contributed by atoms with Crippen molar-refractivity contribution in [1.82, 2.24) is 9.97 Å². The second-order valence-electron chi connectivity index (χ2n) is 5.83. The van der Waals surface area contributed by atoms with E-state index in [-0.39, 0.29) is 0 Å². The Morgan fingerprint density at radius 1 is 0.808 bits per heavy atom. The molecule has 0 saturated heterocycles. The molecule has 0 saturated carbocycles. The summed E-state index contributed by atoms with van der Waals surface area (Å²) in [4.78, 5) is 8.65. The lowest BCUT2D eigenvalue weighted by Gasteiger charge is -2.13. The fourth-order valence-electron chi connectivity index (χ4n) is 3.04. The second kappa shape index (κ2) is 6.88. The molecule has 5 heteroatoms. The number of fused-ring (bicyclic) bond motifs is 2. The number of methoxy groups -OCH3 is 2. The van der Waals surface area contributed by atoms with Crippen LogP contribution in [0.5, 0.6) is 17.2 Å². The van der Waals surface area contributed by atoms with Crippen LogP contribution in [0.4, 0.5) is 0 Å². The Morgan fingerprint density at radius 2 is 1.65 bits per heavy atom. The van der Waals surface area contributed by atoms with Crippen LogP contribution in [0.1, 0.15) is 5.69 Å². The number of nitrogens with zero attached hydrogens (tertiary/aromatic N) is 2. The molecule has 130 valence electrons. The van der Waals surface area contributed by atoms with E-state index in [1.165, 1.54) is 0 Å². The SMILES string of the molecule is COc1cc2ccnc(COc3cccc4cnccc34)c2cc1OC. The van der Waals surface area contributed by atoms with E-state index in [0.717, 1.165) is 33.0 Å². The maximum Gasteiger partial charge on any atom is 0.161 e. The Labute approximate surface area is 151 Å². The lowest BCUT2D eigenvalue weighted by Crippen LogP contribution is -2.00. The monoisotopic (exact) mass is 346 g/mol. The van der Waals surface area contributed by atoms with Gasteiger partial charge in [-0.3, -0.25) is 9.97 Å². The standard InChI is InChI=1S/C21H18N2O3/c1-24-20-10-14-6-9-23-18(17(14)11-21(20)25-2)13-26-19-5-3-4-15-12-22-8-7-16(15)19/h3-12H,13H2,1-2H3. The smallest absolute Gasteiger partial charge is 0.161 e. The van der Waals surface area contributed by atoms with Gasteiger partial charge in [0.25, 0.3) is 0 Å². The van der Waals surface area contributed by atoms with Crippen molar-refractivity contribution in [3.05, 3.63) is 66.7 Å². The van der Waals surface area contributed by atoms with Gasteiger partial charge in [0.05, 0.1) is 19.9 Å². The maximum absolute atomic E-state index is 6.08. The molecule has 5 nitrogen and oxygen atoms in total. The summed E-state index contributed by atoms with van der Waals surface area (Å²) in [5, 5.41) is 4.08. The van der Waals surface area contributed by atoms with Crippen molar-refractivity contribution in [2.75, 3.05) is 14.2 Å². The fraction of sp³-hybridized carbons (Fsp3) is 0.143. The van der Waals surface area contributed by atoms with Gasteiger partial charge < -0.3 is 14.2 Å². The van der Waals surface area contributed by atoms with Crippen LogP contribution < -0.4 is 14.2 Å². The van der Waals surface area contributed by atoms with Crippen molar-refractivity contribution < 1.29 is 14.2 Å². The molecule has 0 N–H and O–H groups in total. The Hall–Kier alpha value is -3.34. The van der Waals surface area contributed by atoms with Crippen molar-refractivity contribution >= 4 is 21.5 Å². The van der Waals surface area contributed by atoms with Crippen LogP contribution in [0, 0.1) is 0 Å². The number of hydrogen-bond donors (Lipinski definition) is 0. The summed E-state index contributed by atoms with van der Waals surface area (Å²) in [6.45, 7) is 0.355. The van der Waals surface area contributed by atoms with E-state index < -0.39 is 0 Å². The third-order valence-electron chi connectivity index (χ3n) is 4.36. The molecule has 0 bridgehead atoms.